The highest BCUT2D eigenvalue weighted by molar-refractivity contribution is 5.34. The van der Waals surface area contributed by atoms with Gasteiger partial charge in [0, 0.05) is 32.9 Å². The molecule has 0 amide bonds. The predicted molar refractivity (Wildman–Crippen MR) is 70.5 cm³/mol. The van der Waals surface area contributed by atoms with Crippen molar-refractivity contribution in [2.24, 2.45) is 5.73 Å². The third-order valence-electron chi connectivity index (χ3n) is 2.78. The first-order valence-corrected chi connectivity index (χ1v) is 6.13. The molecule has 0 bridgehead atoms. The van der Waals surface area contributed by atoms with Crippen LogP contribution in [0.15, 0.2) is 6.20 Å². The summed E-state index contributed by atoms with van der Waals surface area (Å²) in [5.74, 6) is 0.986. The number of nitrogens with zero attached hydrogens (tertiary/aromatic N) is 3. The van der Waals surface area contributed by atoms with Crippen molar-refractivity contribution in [1.29, 1.82) is 0 Å². The molecule has 1 atom stereocenters. The van der Waals surface area contributed by atoms with E-state index in [9.17, 15) is 0 Å². The Morgan fingerprint density at radius 1 is 1.59 bits per heavy atom. The number of anilines is 1. The minimum atomic E-state index is 0.281. The molecule has 0 aliphatic carbocycles. The van der Waals surface area contributed by atoms with E-state index in [1.165, 1.54) is 0 Å². The first-order valence-electron chi connectivity index (χ1n) is 6.13. The van der Waals surface area contributed by atoms with Gasteiger partial charge in [-0.05, 0) is 20.8 Å². The Labute approximate surface area is 104 Å². The summed E-state index contributed by atoms with van der Waals surface area (Å²) < 4.78 is 7.37. The van der Waals surface area contributed by atoms with Crippen molar-refractivity contribution in [2.45, 2.75) is 26.8 Å². The van der Waals surface area contributed by atoms with Crippen LogP contribution in [-0.2, 0) is 4.74 Å². The summed E-state index contributed by atoms with van der Waals surface area (Å²) >= 11 is 0. The number of imidazole rings is 1. The van der Waals surface area contributed by atoms with Gasteiger partial charge in [-0.3, -0.25) is 0 Å². The van der Waals surface area contributed by atoms with E-state index < -0.39 is 0 Å². The highest BCUT2D eigenvalue weighted by atomic mass is 16.5. The fourth-order valence-corrected chi connectivity index (χ4v) is 1.94. The van der Waals surface area contributed by atoms with E-state index in [4.69, 9.17) is 10.5 Å². The van der Waals surface area contributed by atoms with E-state index in [0.29, 0.717) is 13.2 Å². The van der Waals surface area contributed by atoms with Gasteiger partial charge in [-0.15, -0.1) is 0 Å². The van der Waals surface area contributed by atoms with Crippen LogP contribution in [0.25, 0.3) is 0 Å². The maximum atomic E-state index is 5.63. The Morgan fingerprint density at radius 3 is 2.82 bits per heavy atom. The molecule has 0 aromatic carbocycles. The zero-order valence-electron chi connectivity index (χ0n) is 11.3. The number of aromatic nitrogens is 2. The molecule has 0 fully saturated rings. The molecule has 0 radical (unpaired) electrons. The number of aryl methyl sites for hydroxylation is 1. The molecular weight excluding hydrogens is 216 g/mol. The topological polar surface area (TPSA) is 56.3 Å². The second-order valence-electron chi connectivity index (χ2n) is 4.26. The molecule has 0 spiro atoms. The molecule has 1 rings (SSSR count). The lowest BCUT2D eigenvalue weighted by Gasteiger charge is -2.24. The molecule has 1 aromatic heterocycles. The molecule has 0 saturated heterocycles. The fraction of sp³-hybridized carbons (Fsp3) is 0.750. The van der Waals surface area contributed by atoms with Crippen molar-refractivity contribution in [1.82, 2.24) is 9.55 Å². The predicted octanol–water partition coefficient (Wildman–Crippen LogP) is 1.18. The van der Waals surface area contributed by atoms with E-state index in [1.54, 1.807) is 7.11 Å². The molecule has 0 aliphatic heterocycles. The first-order chi connectivity index (χ1) is 8.13. The molecule has 1 heterocycles. The van der Waals surface area contributed by atoms with Gasteiger partial charge in [0.1, 0.15) is 0 Å². The number of methoxy groups -OCH3 is 1. The minimum absolute atomic E-state index is 0.281. The standard InChI is InChI=1S/C12H24N4O/c1-5-15(7-6-13)12-14-10(2)8-16(12)11(3)9-17-4/h8,11H,5-7,9,13H2,1-4H3. The third kappa shape index (κ3) is 3.44. The van der Waals surface area contributed by atoms with Crippen molar-refractivity contribution in [3.05, 3.63) is 11.9 Å². The van der Waals surface area contributed by atoms with E-state index >= 15 is 0 Å². The van der Waals surface area contributed by atoms with Crippen molar-refractivity contribution in [2.75, 3.05) is 38.3 Å². The van der Waals surface area contributed by atoms with Crippen LogP contribution >= 0.6 is 0 Å². The van der Waals surface area contributed by atoms with Gasteiger partial charge < -0.3 is 19.9 Å². The van der Waals surface area contributed by atoms with Crippen molar-refractivity contribution in [3.8, 4) is 0 Å². The van der Waals surface area contributed by atoms with Crippen LogP contribution in [0.4, 0.5) is 5.95 Å². The third-order valence-corrected chi connectivity index (χ3v) is 2.78. The van der Waals surface area contributed by atoms with Gasteiger partial charge in [-0.1, -0.05) is 0 Å². The minimum Gasteiger partial charge on any atom is -0.383 e. The Balaban J connectivity index is 2.96. The van der Waals surface area contributed by atoms with Crippen LogP contribution in [0.3, 0.4) is 0 Å². The number of ether oxygens (including phenoxy) is 1. The summed E-state index contributed by atoms with van der Waals surface area (Å²) in [6, 6.07) is 0.281. The first kappa shape index (κ1) is 14.0. The van der Waals surface area contributed by atoms with Crippen molar-refractivity contribution < 1.29 is 4.74 Å². The smallest absolute Gasteiger partial charge is 0.206 e. The summed E-state index contributed by atoms with van der Waals surface area (Å²) in [7, 11) is 1.72. The second kappa shape index (κ2) is 6.61. The molecule has 17 heavy (non-hydrogen) atoms. The lowest BCUT2D eigenvalue weighted by Crippen LogP contribution is -2.32. The largest absolute Gasteiger partial charge is 0.383 e. The van der Waals surface area contributed by atoms with Crippen LogP contribution in [0.1, 0.15) is 25.6 Å². The number of hydrogen-bond acceptors (Lipinski definition) is 4. The van der Waals surface area contributed by atoms with Crippen LogP contribution in [0.2, 0.25) is 0 Å². The number of likely N-dealkylation sites (N-methyl/N-ethyl adjacent to an activating group) is 1. The monoisotopic (exact) mass is 240 g/mol. The van der Waals surface area contributed by atoms with Gasteiger partial charge in [0.25, 0.3) is 0 Å². The van der Waals surface area contributed by atoms with E-state index in [-0.39, 0.29) is 6.04 Å². The zero-order valence-corrected chi connectivity index (χ0v) is 11.3. The molecule has 5 heteroatoms. The highest BCUT2D eigenvalue weighted by Gasteiger charge is 2.16. The Morgan fingerprint density at radius 2 is 2.29 bits per heavy atom. The summed E-state index contributed by atoms with van der Waals surface area (Å²) in [6.45, 7) is 9.31. The molecule has 0 aliphatic rings. The molecule has 2 N–H and O–H groups in total. The summed E-state index contributed by atoms with van der Waals surface area (Å²) in [5, 5.41) is 0. The molecular formula is C12H24N4O. The molecule has 1 unspecified atom stereocenters. The van der Waals surface area contributed by atoms with Gasteiger partial charge in [0.05, 0.1) is 18.3 Å². The van der Waals surface area contributed by atoms with Crippen molar-refractivity contribution >= 4 is 5.95 Å². The number of nitrogens with two attached hydrogens (primary N) is 1. The quantitative estimate of drug-likeness (QED) is 0.777. The lowest BCUT2D eigenvalue weighted by molar-refractivity contribution is 0.162. The molecule has 5 nitrogen and oxygen atoms in total. The number of hydrogen-bond donors (Lipinski definition) is 1. The molecule has 0 saturated carbocycles. The number of rotatable bonds is 7. The highest BCUT2D eigenvalue weighted by Crippen LogP contribution is 2.19. The SMILES string of the molecule is CCN(CCN)c1nc(C)cn1C(C)COC. The zero-order chi connectivity index (χ0) is 12.8. The Hall–Kier alpha value is -1.07. The summed E-state index contributed by atoms with van der Waals surface area (Å²) in [6.07, 6.45) is 2.07. The van der Waals surface area contributed by atoms with E-state index in [0.717, 1.165) is 24.7 Å². The van der Waals surface area contributed by atoms with E-state index in [1.807, 2.05) is 6.92 Å². The summed E-state index contributed by atoms with van der Waals surface area (Å²) in [4.78, 5) is 6.78. The van der Waals surface area contributed by atoms with Gasteiger partial charge in [-0.25, -0.2) is 4.98 Å². The average Bonchev–Trinajstić information content (AvgIpc) is 2.68. The normalized spacial score (nSPS) is 12.8. The maximum absolute atomic E-state index is 5.63. The Bertz CT molecular complexity index is 337. The molecule has 1 aromatic rings. The molecule has 98 valence electrons. The van der Waals surface area contributed by atoms with Gasteiger partial charge in [0.2, 0.25) is 5.95 Å². The van der Waals surface area contributed by atoms with Crippen LogP contribution < -0.4 is 10.6 Å². The maximum Gasteiger partial charge on any atom is 0.206 e. The second-order valence-corrected chi connectivity index (χ2v) is 4.26. The average molecular weight is 240 g/mol. The van der Waals surface area contributed by atoms with Crippen molar-refractivity contribution in [3.63, 3.8) is 0 Å². The van der Waals surface area contributed by atoms with Gasteiger partial charge in [-0.2, -0.15) is 0 Å². The summed E-state index contributed by atoms with van der Waals surface area (Å²) in [5.41, 5.74) is 6.66. The van der Waals surface area contributed by atoms with Crippen LogP contribution in [0, 0.1) is 6.92 Å². The van der Waals surface area contributed by atoms with Gasteiger partial charge >= 0.3 is 0 Å². The van der Waals surface area contributed by atoms with Gasteiger partial charge in [0.15, 0.2) is 0 Å². The fourth-order valence-electron chi connectivity index (χ4n) is 1.94. The lowest BCUT2D eigenvalue weighted by atomic mass is 10.3. The van der Waals surface area contributed by atoms with Crippen LogP contribution in [0.5, 0.6) is 0 Å². The Kier molecular flexibility index (Phi) is 5.44. The van der Waals surface area contributed by atoms with E-state index in [2.05, 4.69) is 34.5 Å². The van der Waals surface area contributed by atoms with Crippen LogP contribution in [-0.4, -0.2) is 42.9 Å².